The fourth-order valence-corrected chi connectivity index (χ4v) is 1.71. The summed E-state index contributed by atoms with van der Waals surface area (Å²) < 4.78 is 18.4. The maximum Gasteiger partial charge on any atom is 0.414 e. The van der Waals surface area contributed by atoms with Gasteiger partial charge in [0.2, 0.25) is 5.82 Å². The highest BCUT2D eigenvalue weighted by Gasteiger charge is 2.19. The molecule has 23 heavy (non-hydrogen) atoms. The van der Waals surface area contributed by atoms with Gasteiger partial charge in [-0.25, -0.2) is 4.79 Å². The SMILES string of the molecule is C=C/C=C(\C=C/C)COC(=O)N(C)c1ccc(F)c([N+](=O)[O-])c1. The third-order valence-electron chi connectivity index (χ3n) is 2.86. The first-order valence-electron chi connectivity index (χ1n) is 6.69. The van der Waals surface area contributed by atoms with E-state index >= 15 is 0 Å². The average molecular weight is 320 g/mol. The van der Waals surface area contributed by atoms with Crippen LogP contribution in [0.4, 0.5) is 20.6 Å². The van der Waals surface area contributed by atoms with E-state index in [0.29, 0.717) is 0 Å². The van der Waals surface area contributed by atoms with E-state index in [-0.39, 0.29) is 12.3 Å². The third kappa shape index (κ3) is 5.06. The van der Waals surface area contributed by atoms with Gasteiger partial charge in [-0.3, -0.25) is 15.0 Å². The number of nitro benzene ring substituents is 1. The van der Waals surface area contributed by atoms with Gasteiger partial charge in [-0.2, -0.15) is 4.39 Å². The average Bonchev–Trinajstić information content (AvgIpc) is 2.52. The van der Waals surface area contributed by atoms with Crippen molar-refractivity contribution in [3.8, 4) is 0 Å². The lowest BCUT2D eigenvalue weighted by atomic mass is 10.2. The van der Waals surface area contributed by atoms with E-state index in [4.69, 9.17) is 4.74 Å². The molecule has 1 aromatic rings. The minimum absolute atomic E-state index is 0.0167. The molecular weight excluding hydrogens is 303 g/mol. The number of hydrogen-bond donors (Lipinski definition) is 0. The quantitative estimate of drug-likeness (QED) is 0.451. The Labute approximate surface area is 133 Å². The summed E-state index contributed by atoms with van der Waals surface area (Å²) in [6.45, 7) is 5.41. The van der Waals surface area contributed by atoms with E-state index in [1.807, 2.05) is 6.92 Å². The van der Waals surface area contributed by atoms with Crippen LogP contribution < -0.4 is 4.90 Å². The molecule has 0 radical (unpaired) electrons. The summed E-state index contributed by atoms with van der Waals surface area (Å²) in [5, 5.41) is 10.7. The molecule has 1 aromatic carbocycles. The van der Waals surface area contributed by atoms with Gasteiger partial charge in [-0.05, 0) is 24.6 Å². The van der Waals surface area contributed by atoms with Crippen LogP contribution in [0.2, 0.25) is 0 Å². The van der Waals surface area contributed by atoms with Crippen molar-refractivity contribution >= 4 is 17.5 Å². The molecule has 6 nitrogen and oxygen atoms in total. The predicted molar refractivity (Wildman–Crippen MR) is 85.9 cm³/mol. The van der Waals surface area contributed by atoms with Crippen LogP contribution in [0.25, 0.3) is 0 Å². The van der Waals surface area contributed by atoms with Crippen molar-refractivity contribution in [2.45, 2.75) is 6.92 Å². The number of carbonyl (C=O) groups excluding carboxylic acids is 1. The topological polar surface area (TPSA) is 72.7 Å². The monoisotopic (exact) mass is 320 g/mol. The number of hydrogen-bond acceptors (Lipinski definition) is 4. The Hall–Kier alpha value is -2.96. The zero-order chi connectivity index (χ0) is 17.4. The number of rotatable bonds is 6. The number of amides is 1. The minimum atomic E-state index is -0.968. The molecule has 0 N–H and O–H groups in total. The van der Waals surface area contributed by atoms with Crippen molar-refractivity contribution in [3.63, 3.8) is 0 Å². The Balaban J connectivity index is 2.85. The first-order chi connectivity index (χ1) is 10.9. The van der Waals surface area contributed by atoms with E-state index in [1.165, 1.54) is 13.1 Å². The first kappa shape index (κ1) is 18.1. The first-order valence-corrected chi connectivity index (χ1v) is 6.69. The maximum absolute atomic E-state index is 13.3. The summed E-state index contributed by atoms with van der Waals surface area (Å²) in [5.74, 6) is -0.968. The van der Waals surface area contributed by atoms with Crippen LogP contribution in [0.5, 0.6) is 0 Å². The van der Waals surface area contributed by atoms with Gasteiger partial charge in [-0.15, -0.1) is 0 Å². The summed E-state index contributed by atoms with van der Waals surface area (Å²) in [7, 11) is 1.38. The highest BCUT2D eigenvalue weighted by atomic mass is 19.1. The minimum Gasteiger partial charge on any atom is -0.444 e. The predicted octanol–water partition coefficient (Wildman–Crippen LogP) is 4.00. The molecule has 0 saturated heterocycles. The molecule has 0 aliphatic rings. The highest BCUT2D eigenvalue weighted by molar-refractivity contribution is 5.87. The number of anilines is 1. The van der Waals surface area contributed by atoms with Crippen molar-refractivity contribution in [2.24, 2.45) is 0 Å². The molecular formula is C16H17FN2O4. The fraction of sp³-hybridized carbons (Fsp3) is 0.188. The Bertz CT molecular complexity index is 668. The zero-order valence-electron chi connectivity index (χ0n) is 12.9. The van der Waals surface area contributed by atoms with Crippen LogP contribution in [0, 0.1) is 15.9 Å². The molecule has 0 aliphatic carbocycles. The molecule has 1 amide bonds. The van der Waals surface area contributed by atoms with Crippen LogP contribution in [0.1, 0.15) is 6.92 Å². The van der Waals surface area contributed by atoms with Crippen LogP contribution in [-0.2, 0) is 4.74 Å². The lowest BCUT2D eigenvalue weighted by Gasteiger charge is -2.17. The van der Waals surface area contributed by atoms with Gasteiger partial charge in [0.25, 0.3) is 0 Å². The third-order valence-corrected chi connectivity index (χ3v) is 2.86. The molecule has 0 spiro atoms. The molecule has 0 fully saturated rings. The lowest BCUT2D eigenvalue weighted by Crippen LogP contribution is -2.27. The van der Waals surface area contributed by atoms with Crippen molar-refractivity contribution < 1.29 is 18.8 Å². The Morgan fingerprint density at radius 2 is 2.22 bits per heavy atom. The van der Waals surface area contributed by atoms with E-state index in [2.05, 4.69) is 6.58 Å². The number of halogens is 1. The highest BCUT2D eigenvalue weighted by Crippen LogP contribution is 2.24. The standard InChI is InChI=1S/C16H17FN2O4/c1-4-6-12(7-5-2)11-23-16(20)18(3)13-8-9-14(17)15(10-13)19(21)22/h4-10H,1,11H2,2-3H3/b7-5-,12-6+. The molecule has 1 rings (SSSR count). The lowest BCUT2D eigenvalue weighted by molar-refractivity contribution is -0.387. The molecule has 0 aromatic heterocycles. The van der Waals surface area contributed by atoms with E-state index < -0.39 is 22.5 Å². The Morgan fingerprint density at radius 3 is 2.78 bits per heavy atom. The van der Waals surface area contributed by atoms with Gasteiger partial charge in [0.15, 0.2) is 0 Å². The number of nitrogens with zero attached hydrogens (tertiary/aromatic N) is 2. The molecule has 0 unspecified atom stereocenters. The maximum atomic E-state index is 13.3. The molecule has 0 bridgehead atoms. The number of benzene rings is 1. The van der Waals surface area contributed by atoms with Gasteiger partial charge in [-0.1, -0.05) is 30.9 Å². The number of ether oxygens (including phenoxy) is 1. The van der Waals surface area contributed by atoms with Gasteiger partial charge < -0.3 is 4.74 Å². The van der Waals surface area contributed by atoms with Gasteiger partial charge in [0.05, 0.1) is 10.6 Å². The summed E-state index contributed by atoms with van der Waals surface area (Å²) in [4.78, 5) is 22.9. The van der Waals surface area contributed by atoms with Gasteiger partial charge >= 0.3 is 11.8 Å². The Kier molecular flexibility index (Phi) is 6.67. The Morgan fingerprint density at radius 1 is 1.52 bits per heavy atom. The summed E-state index contributed by atoms with van der Waals surface area (Å²) in [6.07, 6.45) is 6.09. The van der Waals surface area contributed by atoms with Crippen LogP contribution >= 0.6 is 0 Å². The molecule has 0 atom stereocenters. The summed E-state index contributed by atoms with van der Waals surface area (Å²) >= 11 is 0. The van der Waals surface area contributed by atoms with Crippen LogP contribution in [0.15, 0.2) is 54.7 Å². The van der Waals surface area contributed by atoms with Crippen molar-refractivity contribution in [1.29, 1.82) is 0 Å². The number of nitro groups is 1. The summed E-state index contributed by atoms with van der Waals surface area (Å²) in [5.41, 5.74) is 0.182. The number of allylic oxidation sites excluding steroid dienone is 3. The van der Waals surface area contributed by atoms with Crippen LogP contribution in [-0.4, -0.2) is 24.7 Å². The number of carbonyl (C=O) groups is 1. The van der Waals surface area contributed by atoms with Crippen molar-refractivity contribution in [1.82, 2.24) is 0 Å². The smallest absolute Gasteiger partial charge is 0.414 e. The van der Waals surface area contributed by atoms with Crippen molar-refractivity contribution in [2.75, 3.05) is 18.6 Å². The molecule has 0 aliphatic heterocycles. The molecule has 122 valence electrons. The normalized spacial score (nSPS) is 11.3. The molecule has 0 saturated carbocycles. The van der Waals surface area contributed by atoms with E-state index in [9.17, 15) is 19.3 Å². The molecule has 7 heteroatoms. The van der Waals surface area contributed by atoms with E-state index in [0.717, 1.165) is 22.6 Å². The second-order valence-corrected chi connectivity index (χ2v) is 4.48. The van der Waals surface area contributed by atoms with Gasteiger partial charge in [0.1, 0.15) is 6.61 Å². The fourth-order valence-electron chi connectivity index (χ4n) is 1.71. The second kappa shape index (κ2) is 8.47. The summed E-state index contributed by atoms with van der Waals surface area (Å²) in [6, 6.07) is 3.17. The van der Waals surface area contributed by atoms with Gasteiger partial charge in [0, 0.05) is 13.1 Å². The molecule has 0 heterocycles. The zero-order valence-corrected chi connectivity index (χ0v) is 12.9. The second-order valence-electron chi connectivity index (χ2n) is 4.48. The van der Waals surface area contributed by atoms with Crippen LogP contribution in [0.3, 0.4) is 0 Å². The van der Waals surface area contributed by atoms with E-state index in [1.54, 1.807) is 24.3 Å². The van der Waals surface area contributed by atoms with Crippen molar-refractivity contribution in [3.05, 3.63) is 70.6 Å². The largest absolute Gasteiger partial charge is 0.444 e.